The molecule has 1 aliphatic heterocycles. The van der Waals surface area contributed by atoms with Crippen molar-refractivity contribution in [3.05, 3.63) is 28.2 Å². The third-order valence-electron chi connectivity index (χ3n) is 4.03. The molecule has 3 nitrogen and oxygen atoms in total. The van der Waals surface area contributed by atoms with Crippen LogP contribution in [0, 0.1) is 5.41 Å². The molecule has 0 amide bonds. The van der Waals surface area contributed by atoms with Crippen LogP contribution in [0.3, 0.4) is 0 Å². The van der Waals surface area contributed by atoms with Crippen molar-refractivity contribution in [2.24, 2.45) is 11.1 Å². The van der Waals surface area contributed by atoms with Gasteiger partial charge in [0.25, 0.3) is 0 Å². The minimum atomic E-state index is 0.0505. The minimum Gasteiger partial charge on any atom is -0.497 e. The molecule has 0 aliphatic carbocycles. The molecule has 0 spiro atoms. The first-order chi connectivity index (χ1) is 8.61. The summed E-state index contributed by atoms with van der Waals surface area (Å²) in [5, 5.41) is 0. The standard InChI is InChI=1S/C14H20BrNO2/c1-10-14(9-16,5-6-18-10)8-11-7-12(17-2)3-4-13(11)15/h3-4,7,10H,5-6,8-9,16H2,1-2H3. The molecule has 4 heteroatoms. The Morgan fingerprint density at radius 2 is 2.33 bits per heavy atom. The van der Waals surface area contributed by atoms with Crippen molar-refractivity contribution in [2.45, 2.75) is 25.9 Å². The van der Waals surface area contributed by atoms with Crippen molar-refractivity contribution in [1.82, 2.24) is 0 Å². The average molecular weight is 314 g/mol. The van der Waals surface area contributed by atoms with Gasteiger partial charge in [-0.3, -0.25) is 0 Å². The summed E-state index contributed by atoms with van der Waals surface area (Å²) in [5.41, 5.74) is 7.29. The van der Waals surface area contributed by atoms with Gasteiger partial charge in [0.1, 0.15) is 5.75 Å². The van der Waals surface area contributed by atoms with Crippen molar-refractivity contribution in [3.8, 4) is 5.75 Å². The number of hydrogen-bond acceptors (Lipinski definition) is 3. The summed E-state index contributed by atoms with van der Waals surface area (Å²) in [7, 11) is 1.69. The number of hydrogen-bond donors (Lipinski definition) is 1. The predicted octanol–water partition coefficient (Wildman–Crippen LogP) is 2.75. The van der Waals surface area contributed by atoms with Gasteiger partial charge in [0.05, 0.1) is 13.2 Å². The Morgan fingerprint density at radius 3 is 2.89 bits per heavy atom. The number of halogens is 1. The second kappa shape index (κ2) is 5.59. The van der Waals surface area contributed by atoms with Crippen LogP contribution in [-0.2, 0) is 11.2 Å². The molecule has 2 N–H and O–H groups in total. The van der Waals surface area contributed by atoms with Crippen molar-refractivity contribution in [1.29, 1.82) is 0 Å². The van der Waals surface area contributed by atoms with Crippen molar-refractivity contribution in [3.63, 3.8) is 0 Å². The molecule has 1 aliphatic rings. The van der Waals surface area contributed by atoms with Gasteiger partial charge in [0.15, 0.2) is 0 Å². The lowest BCUT2D eigenvalue weighted by molar-refractivity contribution is 0.0673. The van der Waals surface area contributed by atoms with Crippen molar-refractivity contribution in [2.75, 3.05) is 20.3 Å². The van der Waals surface area contributed by atoms with Crippen LogP contribution in [0.4, 0.5) is 0 Å². The second-order valence-electron chi connectivity index (χ2n) is 4.96. The zero-order chi connectivity index (χ0) is 13.2. The summed E-state index contributed by atoms with van der Waals surface area (Å²) >= 11 is 3.60. The van der Waals surface area contributed by atoms with Crippen LogP contribution in [0.2, 0.25) is 0 Å². The van der Waals surface area contributed by atoms with Crippen LogP contribution in [-0.4, -0.2) is 26.4 Å². The molecule has 2 unspecified atom stereocenters. The van der Waals surface area contributed by atoms with Gasteiger partial charge in [-0.15, -0.1) is 0 Å². The molecule has 2 atom stereocenters. The van der Waals surface area contributed by atoms with E-state index in [1.165, 1.54) is 5.56 Å². The van der Waals surface area contributed by atoms with E-state index < -0.39 is 0 Å². The van der Waals surface area contributed by atoms with Crippen LogP contribution in [0.5, 0.6) is 5.75 Å². The molecule has 1 heterocycles. The predicted molar refractivity (Wildman–Crippen MR) is 75.9 cm³/mol. The molecular formula is C14H20BrNO2. The highest BCUT2D eigenvalue weighted by atomic mass is 79.9. The van der Waals surface area contributed by atoms with E-state index in [0.717, 1.165) is 29.7 Å². The van der Waals surface area contributed by atoms with Gasteiger partial charge in [-0.05, 0) is 43.5 Å². The summed E-state index contributed by atoms with van der Waals surface area (Å²) < 4.78 is 12.1. The van der Waals surface area contributed by atoms with Gasteiger partial charge in [-0.1, -0.05) is 15.9 Å². The number of ether oxygens (including phenoxy) is 2. The molecule has 0 bridgehead atoms. The van der Waals surface area contributed by atoms with E-state index in [2.05, 4.69) is 28.9 Å². The summed E-state index contributed by atoms with van der Waals surface area (Å²) in [6, 6.07) is 6.06. The zero-order valence-electron chi connectivity index (χ0n) is 10.9. The Kier molecular flexibility index (Phi) is 4.30. The lowest BCUT2D eigenvalue weighted by atomic mass is 9.76. The second-order valence-corrected chi connectivity index (χ2v) is 5.82. The molecule has 18 heavy (non-hydrogen) atoms. The third kappa shape index (κ3) is 2.56. The van der Waals surface area contributed by atoms with Gasteiger partial charge in [-0.25, -0.2) is 0 Å². The lowest BCUT2D eigenvalue weighted by Gasteiger charge is -2.31. The number of nitrogens with two attached hydrogens (primary N) is 1. The SMILES string of the molecule is COc1ccc(Br)c(CC2(CN)CCOC2C)c1. The van der Waals surface area contributed by atoms with Crippen LogP contribution < -0.4 is 10.5 Å². The van der Waals surface area contributed by atoms with Crippen LogP contribution in [0.1, 0.15) is 18.9 Å². The van der Waals surface area contributed by atoms with E-state index >= 15 is 0 Å². The first-order valence-electron chi connectivity index (χ1n) is 6.25. The van der Waals surface area contributed by atoms with Crippen molar-refractivity contribution >= 4 is 15.9 Å². The van der Waals surface area contributed by atoms with Crippen molar-refractivity contribution < 1.29 is 9.47 Å². The molecule has 0 radical (unpaired) electrons. The molecule has 2 rings (SSSR count). The van der Waals surface area contributed by atoms with Gasteiger partial charge in [0.2, 0.25) is 0 Å². The highest BCUT2D eigenvalue weighted by Gasteiger charge is 2.40. The topological polar surface area (TPSA) is 44.5 Å². The summed E-state index contributed by atoms with van der Waals surface area (Å²) in [5.74, 6) is 0.881. The molecule has 0 saturated carbocycles. The Bertz CT molecular complexity index is 424. The van der Waals surface area contributed by atoms with Gasteiger partial charge in [0, 0.05) is 23.0 Å². The third-order valence-corrected chi connectivity index (χ3v) is 4.81. The van der Waals surface area contributed by atoms with Gasteiger partial charge >= 0.3 is 0 Å². The Balaban J connectivity index is 2.27. The van der Waals surface area contributed by atoms with E-state index in [-0.39, 0.29) is 11.5 Å². The maximum Gasteiger partial charge on any atom is 0.119 e. The number of methoxy groups -OCH3 is 1. The molecular weight excluding hydrogens is 294 g/mol. The molecule has 1 fully saturated rings. The van der Waals surface area contributed by atoms with Crippen LogP contribution in [0.25, 0.3) is 0 Å². The van der Waals surface area contributed by atoms with E-state index in [1.807, 2.05) is 12.1 Å². The lowest BCUT2D eigenvalue weighted by Crippen LogP contribution is -2.38. The normalized spacial score (nSPS) is 27.4. The fourth-order valence-electron chi connectivity index (χ4n) is 2.58. The summed E-state index contributed by atoms with van der Waals surface area (Å²) in [4.78, 5) is 0. The fourth-order valence-corrected chi connectivity index (χ4v) is 2.97. The van der Waals surface area contributed by atoms with Gasteiger partial charge < -0.3 is 15.2 Å². The number of rotatable bonds is 4. The van der Waals surface area contributed by atoms with E-state index in [9.17, 15) is 0 Å². The van der Waals surface area contributed by atoms with E-state index in [1.54, 1.807) is 7.11 Å². The van der Waals surface area contributed by atoms with Crippen LogP contribution in [0.15, 0.2) is 22.7 Å². The first-order valence-corrected chi connectivity index (χ1v) is 7.05. The van der Waals surface area contributed by atoms with Crippen LogP contribution >= 0.6 is 15.9 Å². The molecule has 0 aromatic heterocycles. The molecule has 1 aromatic rings. The molecule has 1 saturated heterocycles. The summed E-state index contributed by atoms with van der Waals surface area (Å²) in [6.07, 6.45) is 2.15. The molecule has 1 aromatic carbocycles. The Hall–Kier alpha value is -0.580. The highest BCUT2D eigenvalue weighted by molar-refractivity contribution is 9.10. The fraction of sp³-hybridized carbons (Fsp3) is 0.571. The monoisotopic (exact) mass is 313 g/mol. The quantitative estimate of drug-likeness (QED) is 0.929. The highest BCUT2D eigenvalue weighted by Crippen LogP contribution is 2.39. The largest absolute Gasteiger partial charge is 0.497 e. The minimum absolute atomic E-state index is 0.0505. The maximum absolute atomic E-state index is 6.00. The Morgan fingerprint density at radius 1 is 1.56 bits per heavy atom. The molecule has 100 valence electrons. The van der Waals surface area contributed by atoms with Gasteiger partial charge in [-0.2, -0.15) is 0 Å². The van der Waals surface area contributed by atoms with E-state index in [0.29, 0.717) is 6.54 Å². The number of benzene rings is 1. The smallest absolute Gasteiger partial charge is 0.119 e. The van der Waals surface area contributed by atoms with E-state index in [4.69, 9.17) is 15.2 Å². The summed E-state index contributed by atoms with van der Waals surface area (Å²) in [6.45, 7) is 3.58. The zero-order valence-corrected chi connectivity index (χ0v) is 12.5. The maximum atomic E-state index is 6.00. The first kappa shape index (κ1) is 13.8. The average Bonchev–Trinajstić information content (AvgIpc) is 2.74. The Labute approximate surface area is 117 Å².